The SMILES string of the molecule is Cc1nc(C(=O)c2c(Br)cnn2CCN(C)C)cs1. The standard InChI is InChI=1S/C12H15BrN4OS/c1-8-15-10(7-19-8)12(18)11-9(13)6-14-17(11)5-4-16(2)3/h6-7H,4-5H2,1-3H3. The number of aryl methyl sites for hydroxylation is 1. The molecule has 0 saturated carbocycles. The van der Waals surface area contributed by atoms with Crippen LogP contribution >= 0.6 is 27.3 Å². The first-order chi connectivity index (χ1) is 8.99. The molecule has 0 N–H and O–H groups in total. The first-order valence-corrected chi connectivity index (χ1v) is 7.49. The molecule has 5 nitrogen and oxygen atoms in total. The highest BCUT2D eigenvalue weighted by Gasteiger charge is 2.20. The molecule has 0 fully saturated rings. The summed E-state index contributed by atoms with van der Waals surface area (Å²) >= 11 is 4.86. The smallest absolute Gasteiger partial charge is 0.231 e. The van der Waals surface area contributed by atoms with Crippen molar-refractivity contribution in [3.63, 3.8) is 0 Å². The Morgan fingerprint density at radius 3 is 2.84 bits per heavy atom. The van der Waals surface area contributed by atoms with Crippen LogP contribution in [-0.4, -0.2) is 46.1 Å². The fraction of sp³-hybridized carbons (Fsp3) is 0.417. The van der Waals surface area contributed by atoms with Gasteiger partial charge in [0.05, 0.1) is 22.2 Å². The van der Waals surface area contributed by atoms with E-state index in [0.29, 0.717) is 22.4 Å². The van der Waals surface area contributed by atoms with Crippen LogP contribution < -0.4 is 0 Å². The lowest BCUT2D eigenvalue weighted by atomic mass is 10.2. The van der Waals surface area contributed by atoms with Crippen molar-refractivity contribution < 1.29 is 4.79 Å². The number of ketones is 1. The number of carbonyl (C=O) groups excluding carboxylic acids is 1. The maximum Gasteiger partial charge on any atom is 0.231 e. The van der Waals surface area contributed by atoms with E-state index in [1.165, 1.54) is 11.3 Å². The van der Waals surface area contributed by atoms with Gasteiger partial charge in [0.2, 0.25) is 5.78 Å². The van der Waals surface area contributed by atoms with E-state index in [0.717, 1.165) is 11.6 Å². The summed E-state index contributed by atoms with van der Waals surface area (Å²) in [6.07, 6.45) is 1.65. The summed E-state index contributed by atoms with van der Waals surface area (Å²) in [5, 5.41) is 6.91. The molecule has 0 bridgehead atoms. The number of nitrogens with zero attached hydrogens (tertiary/aromatic N) is 4. The zero-order valence-corrected chi connectivity index (χ0v) is 13.5. The number of likely N-dealkylation sites (N-methyl/N-ethyl adjacent to an activating group) is 1. The zero-order chi connectivity index (χ0) is 14.0. The van der Waals surface area contributed by atoms with Crippen molar-refractivity contribution >= 4 is 33.0 Å². The molecule has 2 aromatic rings. The minimum absolute atomic E-state index is 0.0903. The highest BCUT2D eigenvalue weighted by molar-refractivity contribution is 9.10. The molecule has 0 aliphatic carbocycles. The lowest BCUT2D eigenvalue weighted by Crippen LogP contribution is -2.22. The number of hydrogen-bond donors (Lipinski definition) is 0. The van der Waals surface area contributed by atoms with Crippen LogP contribution in [0.3, 0.4) is 0 Å². The third-order valence-electron chi connectivity index (χ3n) is 2.62. The molecule has 0 aliphatic heterocycles. The van der Waals surface area contributed by atoms with Crippen LogP contribution in [-0.2, 0) is 6.54 Å². The van der Waals surface area contributed by atoms with Gasteiger partial charge in [0.1, 0.15) is 11.4 Å². The molecule has 2 heterocycles. The van der Waals surface area contributed by atoms with Crippen LogP contribution in [0.15, 0.2) is 16.0 Å². The van der Waals surface area contributed by atoms with E-state index in [2.05, 4.69) is 30.9 Å². The summed E-state index contributed by atoms with van der Waals surface area (Å²) in [5.41, 5.74) is 1.04. The molecule has 102 valence electrons. The molecule has 0 unspecified atom stereocenters. The number of rotatable bonds is 5. The average Bonchev–Trinajstić information content (AvgIpc) is 2.92. The maximum atomic E-state index is 12.4. The Labute approximate surface area is 124 Å². The van der Waals surface area contributed by atoms with E-state index in [-0.39, 0.29) is 5.78 Å². The van der Waals surface area contributed by atoms with Crippen LogP contribution in [0.4, 0.5) is 0 Å². The lowest BCUT2D eigenvalue weighted by molar-refractivity contribution is 0.102. The van der Waals surface area contributed by atoms with Crippen molar-refractivity contribution in [2.45, 2.75) is 13.5 Å². The van der Waals surface area contributed by atoms with Gasteiger partial charge in [-0.2, -0.15) is 5.10 Å². The minimum atomic E-state index is -0.0903. The quantitative estimate of drug-likeness (QED) is 0.781. The van der Waals surface area contributed by atoms with Crippen molar-refractivity contribution in [3.8, 4) is 0 Å². The van der Waals surface area contributed by atoms with Gasteiger partial charge in [-0.1, -0.05) is 0 Å². The molecule has 0 amide bonds. The largest absolute Gasteiger partial charge is 0.308 e. The summed E-state index contributed by atoms with van der Waals surface area (Å²) in [4.78, 5) is 18.7. The van der Waals surface area contributed by atoms with Gasteiger partial charge in [0, 0.05) is 11.9 Å². The van der Waals surface area contributed by atoms with Crippen molar-refractivity contribution in [2.75, 3.05) is 20.6 Å². The Hall–Kier alpha value is -1.05. The molecule has 0 aromatic carbocycles. The molecule has 19 heavy (non-hydrogen) atoms. The van der Waals surface area contributed by atoms with E-state index >= 15 is 0 Å². The Kier molecular flexibility index (Phi) is 4.49. The number of carbonyl (C=O) groups is 1. The van der Waals surface area contributed by atoms with E-state index in [1.54, 1.807) is 16.3 Å². The van der Waals surface area contributed by atoms with Crippen molar-refractivity contribution in [3.05, 3.63) is 32.4 Å². The third kappa shape index (κ3) is 3.29. The Morgan fingerprint density at radius 1 is 1.53 bits per heavy atom. The second-order valence-electron chi connectivity index (χ2n) is 4.45. The highest BCUT2D eigenvalue weighted by Crippen LogP contribution is 2.21. The first kappa shape index (κ1) is 14.4. The fourth-order valence-corrected chi connectivity index (χ4v) is 2.71. The van der Waals surface area contributed by atoms with Crippen LogP contribution in [0.5, 0.6) is 0 Å². The Balaban J connectivity index is 2.28. The summed E-state index contributed by atoms with van der Waals surface area (Å²) in [7, 11) is 3.98. The van der Waals surface area contributed by atoms with Gasteiger partial charge in [-0.3, -0.25) is 9.48 Å². The molecule has 2 rings (SSSR count). The number of aromatic nitrogens is 3. The normalized spacial score (nSPS) is 11.2. The van der Waals surface area contributed by atoms with Crippen molar-refractivity contribution in [1.29, 1.82) is 0 Å². The predicted molar refractivity (Wildman–Crippen MR) is 78.8 cm³/mol. The number of halogens is 1. The Bertz CT molecular complexity index is 590. The molecular formula is C12H15BrN4OS. The molecule has 7 heteroatoms. The van der Waals surface area contributed by atoms with Gasteiger partial charge in [-0.15, -0.1) is 11.3 Å². The van der Waals surface area contributed by atoms with Crippen molar-refractivity contribution in [1.82, 2.24) is 19.7 Å². The van der Waals surface area contributed by atoms with E-state index in [9.17, 15) is 4.79 Å². The second-order valence-corrected chi connectivity index (χ2v) is 6.36. The number of thiazole rings is 1. The minimum Gasteiger partial charge on any atom is -0.308 e. The number of hydrogen-bond acceptors (Lipinski definition) is 5. The third-order valence-corrected chi connectivity index (χ3v) is 3.97. The Morgan fingerprint density at radius 2 is 2.26 bits per heavy atom. The van der Waals surface area contributed by atoms with E-state index in [4.69, 9.17) is 0 Å². The van der Waals surface area contributed by atoms with E-state index < -0.39 is 0 Å². The molecule has 0 saturated heterocycles. The van der Waals surface area contributed by atoms with Crippen LogP contribution in [0.2, 0.25) is 0 Å². The second kappa shape index (κ2) is 5.94. The van der Waals surface area contributed by atoms with E-state index in [1.807, 2.05) is 21.0 Å². The molecule has 0 radical (unpaired) electrons. The summed E-state index contributed by atoms with van der Waals surface area (Å²) in [6, 6.07) is 0. The fourth-order valence-electron chi connectivity index (χ4n) is 1.64. The predicted octanol–water partition coefficient (Wildman–Crippen LogP) is 2.20. The van der Waals surface area contributed by atoms with Gasteiger partial charge in [-0.25, -0.2) is 4.98 Å². The first-order valence-electron chi connectivity index (χ1n) is 5.82. The molecule has 0 atom stereocenters. The van der Waals surface area contributed by atoms with Gasteiger partial charge < -0.3 is 4.90 Å². The molecule has 2 aromatic heterocycles. The maximum absolute atomic E-state index is 12.4. The van der Waals surface area contributed by atoms with Crippen LogP contribution in [0.25, 0.3) is 0 Å². The summed E-state index contributed by atoms with van der Waals surface area (Å²) < 4.78 is 2.43. The average molecular weight is 343 g/mol. The molecule has 0 aliphatic rings. The van der Waals surface area contributed by atoms with Gasteiger partial charge in [-0.05, 0) is 36.9 Å². The van der Waals surface area contributed by atoms with Crippen molar-refractivity contribution in [2.24, 2.45) is 0 Å². The van der Waals surface area contributed by atoms with Gasteiger partial charge >= 0.3 is 0 Å². The summed E-state index contributed by atoms with van der Waals surface area (Å²) in [6.45, 7) is 3.38. The summed E-state index contributed by atoms with van der Waals surface area (Å²) in [5.74, 6) is -0.0903. The lowest BCUT2D eigenvalue weighted by Gasteiger charge is -2.11. The van der Waals surface area contributed by atoms with Crippen LogP contribution in [0, 0.1) is 6.92 Å². The molecular weight excluding hydrogens is 328 g/mol. The monoisotopic (exact) mass is 342 g/mol. The van der Waals surface area contributed by atoms with Crippen LogP contribution in [0.1, 0.15) is 21.2 Å². The topological polar surface area (TPSA) is 51.0 Å². The highest BCUT2D eigenvalue weighted by atomic mass is 79.9. The molecule has 0 spiro atoms. The zero-order valence-electron chi connectivity index (χ0n) is 11.1. The van der Waals surface area contributed by atoms with Gasteiger partial charge in [0.25, 0.3) is 0 Å². The van der Waals surface area contributed by atoms with Gasteiger partial charge in [0.15, 0.2) is 0 Å².